The van der Waals surface area contributed by atoms with Crippen LogP contribution < -0.4 is 0 Å². The molecule has 0 aliphatic heterocycles. The molecule has 0 amide bonds. The first-order chi connectivity index (χ1) is 10.8. The Morgan fingerprint density at radius 1 is 1.13 bits per heavy atom. The number of hydrogen-bond donors (Lipinski definition) is 3. The summed E-state index contributed by atoms with van der Waals surface area (Å²) in [6.07, 6.45) is 4.68. The summed E-state index contributed by atoms with van der Waals surface area (Å²) in [5, 5.41) is 31.2. The van der Waals surface area contributed by atoms with Crippen LogP contribution in [0.2, 0.25) is 0 Å². The lowest BCUT2D eigenvalue weighted by atomic mass is 9.47. The van der Waals surface area contributed by atoms with Gasteiger partial charge in [-0.25, -0.2) is 0 Å². The van der Waals surface area contributed by atoms with Gasteiger partial charge in [0, 0.05) is 23.7 Å². The maximum Gasteiger partial charge on any atom is 0.137 e. The van der Waals surface area contributed by atoms with E-state index in [4.69, 9.17) is 0 Å². The molecule has 4 rings (SSSR count). The molecule has 8 atom stereocenters. The van der Waals surface area contributed by atoms with E-state index in [-0.39, 0.29) is 40.5 Å². The number of fused-ring (bicyclic) bond motifs is 5. The van der Waals surface area contributed by atoms with E-state index in [0.717, 1.165) is 31.3 Å². The van der Waals surface area contributed by atoms with Crippen molar-refractivity contribution >= 4 is 5.78 Å². The number of ketones is 1. The Hall–Kier alpha value is -0.710. The molecule has 0 saturated heterocycles. The lowest BCUT2D eigenvalue weighted by Gasteiger charge is -2.57. The van der Waals surface area contributed by atoms with Crippen LogP contribution in [-0.4, -0.2) is 39.4 Å². The van der Waals surface area contributed by atoms with E-state index in [1.807, 2.05) is 13.0 Å². The molecule has 0 radical (unpaired) electrons. The molecule has 0 heterocycles. The van der Waals surface area contributed by atoms with E-state index in [2.05, 4.69) is 6.92 Å². The Labute approximate surface area is 137 Å². The zero-order valence-electron chi connectivity index (χ0n) is 14.0. The standard InChI is InChI=1S/C19H28O4/c1-18-6-5-11(20)7-10(18)8-13(21)16-12-3-4-15(23)19(12,2)9-14(22)17(16)18/h8,11-13,15-17,20-21,23H,3-7,9H2,1-2H3/t11?,12-,13?,15?,16+,17+,18-,19-/m0/s1. The van der Waals surface area contributed by atoms with Gasteiger partial charge in [-0.05, 0) is 43.4 Å². The second kappa shape index (κ2) is 4.90. The quantitative estimate of drug-likeness (QED) is 0.595. The van der Waals surface area contributed by atoms with Gasteiger partial charge in [-0.1, -0.05) is 25.5 Å². The van der Waals surface area contributed by atoms with Crippen LogP contribution in [0, 0.1) is 28.6 Å². The summed E-state index contributed by atoms with van der Waals surface area (Å²) in [4.78, 5) is 13.1. The largest absolute Gasteiger partial charge is 0.393 e. The highest BCUT2D eigenvalue weighted by atomic mass is 16.3. The minimum atomic E-state index is -0.632. The average molecular weight is 320 g/mol. The number of aliphatic hydroxyl groups excluding tert-OH is 3. The molecule has 4 nitrogen and oxygen atoms in total. The minimum absolute atomic E-state index is 0.0811. The summed E-state index contributed by atoms with van der Waals surface area (Å²) in [6.45, 7) is 4.18. The summed E-state index contributed by atoms with van der Waals surface area (Å²) in [5.41, 5.74) is 0.463. The van der Waals surface area contributed by atoms with Gasteiger partial charge in [0.1, 0.15) is 5.78 Å². The first-order valence-corrected chi connectivity index (χ1v) is 9.05. The Bertz CT molecular complexity index is 570. The Morgan fingerprint density at radius 3 is 2.61 bits per heavy atom. The second-order valence-electron chi connectivity index (χ2n) is 8.90. The molecule has 4 aliphatic carbocycles. The van der Waals surface area contributed by atoms with Crippen LogP contribution in [0.5, 0.6) is 0 Å². The summed E-state index contributed by atoms with van der Waals surface area (Å²) in [6, 6.07) is 0. The summed E-state index contributed by atoms with van der Waals surface area (Å²) in [5.74, 6) is 0.172. The number of carbonyl (C=O) groups is 1. The number of aliphatic hydroxyl groups is 3. The van der Waals surface area contributed by atoms with Crippen LogP contribution in [0.25, 0.3) is 0 Å². The molecule has 128 valence electrons. The third kappa shape index (κ3) is 1.98. The summed E-state index contributed by atoms with van der Waals surface area (Å²) >= 11 is 0. The third-order valence-electron chi connectivity index (χ3n) is 7.75. The Balaban J connectivity index is 1.79. The van der Waals surface area contributed by atoms with Crippen LogP contribution in [-0.2, 0) is 4.79 Å². The molecule has 3 fully saturated rings. The van der Waals surface area contributed by atoms with Crippen LogP contribution in [0.3, 0.4) is 0 Å². The van der Waals surface area contributed by atoms with Gasteiger partial charge in [0.15, 0.2) is 0 Å². The van der Waals surface area contributed by atoms with E-state index in [9.17, 15) is 20.1 Å². The van der Waals surface area contributed by atoms with Crippen molar-refractivity contribution in [3.05, 3.63) is 11.6 Å². The van der Waals surface area contributed by atoms with Gasteiger partial charge in [-0.2, -0.15) is 0 Å². The van der Waals surface area contributed by atoms with Crippen molar-refractivity contribution < 1.29 is 20.1 Å². The predicted octanol–water partition coefficient (Wildman–Crippen LogP) is 1.82. The van der Waals surface area contributed by atoms with Gasteiger partial charge in [0.05, 0.1) is 18.3 Å². The van der Waals surface area contributed by atoms with Crippen LogP contribution in [0.4, 0.5) is 0 Å². The van der Waals surface area contributed by atoms with Crippen LogP contribution in [0.15, 0.2) is 11.6 Å². The van der Waals surface area contributed by atoms with E-state index < -0.39 is 12.2 Å². The highest BCUT2D eigenvalue weighted by molar-refractivity contribution is 5.85. The van der Waals surface area contributed by atoms with Crippen molar-refractivity contribution in [2.24, 2.45) is 28.6 Å². The highest BCUT2D eigenvalue weighted by Crippen LogP contribution is 2.63. The zero-order valence-corrected chi connectivity index (χ0v) is 14.0. The van der Waals surface area contributed by atoms with E-state index in [1.165, 1.54) is 0 Å². The number of hydrogen-bond acceptors (Lipinski definition) is 4. The second-order valence-corrected chi connectivity index (χ2v) is 8.90. The van der Waals surface area contributed by atoms with E-state index in [0.29, 0.717) is 12.8 Å². The fourth-order valence-electron chi connectivity index (χ4n) is 6.42. The molecule has 3 N–H and O–H groups in total. The lowest BCUT2D eigenvalue weighted by Crippen LogP contribution is -2.58. The Morgan fingerprint density at radius 2 is 1.87 bits per heavy atom. The van der Waals surface area contributed by atoms with Crippen molar-refractivity contribution in [3.8, 4) is 0 Å². The molecule has 0 aromatic rings. The van der Waals surface area contributed by atoms with Crippen molar-refractivity contribution in [2.45, 2.75) is 70.7 Å². The molecular weight excluding hydrogens is 292 g/mol. The molecule has 4 heteroatoms. The maximum atomic E-state index is 13.1. The number of rotatable bonds is 0. The van der Waals surface area contributed by atoms with Crippen molar-refractivity contribution in [3.63, 3.8) is 0 Å². The summed E-state index contributed by atoms with van der Waals surface area (Å²) < 4.78 is 0. The van der Waals surface area contributed by atoms with Crippen LogP contribution in [0.1, 0.15) is 52.4 Å². The highest BCUT2D eigenvalue weighted by Gasteiger charge is 2.63. The topological polar surface area (TPSA) is 77.8 Å². The van der Waals surface area contributed by atoms with Crippen molar-refractivity contribution in [2.75, 3.05) is 0 Å². The molecule has 3 saturated carbocycles. The van der Waals surface area contributed by atoms with E-state index in [1.54, 1.807) is 0 Å². The monoisotopic (exact) mass is 320 g/mol. The van der Waals surface area contributed by atoms with Gasteiger partial charge in [-0.3, -0.25) is 4.79 Å². The molecule has 0 aromatic carbocycles. The first-order valence-electron chi connectivity index (χ1n) is 9.05. The van der Waals surface area contributed by atoms with Crippen molar-refractivity contribution in [1.29, 1.82) is 0 Å². The van der Waals surface area contributed by atoms with Gasteiger partial charge < -0.3 is 15.3 Å². The number of Topliss-reactive ketones (excluding diaryl/α,β-unsaturated/α-hetero) is 1. The molecule has 4 aliphatic rings. The zero-order chi connectivity index (χ0) is 16.6. The number of carbonyl (C=O) groups excluding carboxylic acids is 1. The minimum Gasteiger partial charge on any atom is -0.393 e. The maximum absolute atomic E-state index is 13.1. The Kier molecular flexibility index (Phi) is 3.37. The first kappa shape index (κ1) is 15.8. The molecule has 0 aromatic heterocycles. The fourth-order valence-corrected chi connectivity index (χ4v) is 6.42. The average Bonchev–Trinajstić information content (AvgIpc) is 2.76. The summed E-state index contributed by atoms with van der Waals surface area (Å²) in [7, 11) is 0. The fraction of sp³-hybridized carbons (Fsp3) is 0.842. The van der Waals surface area contributed by atoms with E-state index >= 15 is 0 Å². The SMILES string of the molecule is C[C@]12CCC(O)CC1=CC(O)[C@@H]1[C@H]2C(=O)C[C@]2(C)C(O)CC[C@@H]12. The lowest BCUT2D eigenvalue weighted by molar-refractivity contribution is -0.154. The third-order valence-corrected chi connectivity index (χ3v) is 7.75. The molecule has 23 heavy (non-hydrogen) atoms. The van der Waals surface area contributed by atoms with Gasteiger partial charge >= 0.3 is 0 Å². The van der Waals surface area contributed by atoms with Crippen LogP contribution >= 0.6 is 0 Å². The smallest absolute Gasteiger partial charge is 0.137 e. The van der Waals surface area contributed by atoms with Gasteiger partial charge in [0.2, 0.25) is 0 Å². The van der Waals surface area contributed by atoms with Gasteiger partial charge in [-0.15, -0.1) is 0 Å². The molecule has 0 spiro atoms. The van der Waals surface area contributed by atoms with Crippen molar-refractivity contribution in [1.82, 2.24) is 0 Å². The molecular formula is C19H28O4. The molecule has 0 bridgehead atoms. The molecule has 3 unspecified atom stereocenters. The van der Waals surface area contributed by atoms with Gasteiger partial charge in [0.25, 0.3) is 0 Å². The predicted molar refractivity (Wildman–Crippen MR) is 85.5 cm³/mol. The normalized spacial score (nSPS) is 55.7.